The minimum absolute atomic E-state index is 0.156. The van der Waals surface area contributed by atoms with Gasteiger partial charge in [0.1, 0.15) is 11.5 Å². The van der Waals surface area contributed by atoms with Crippen molar-refractivity contribution in [2.24, 2.45) is 11.3 Å². The first kappa shape index (κ1) is 17.9. The number of carbonyl (C=O) groups excluding carboxylic acids is 1. The maximum Gasteiger partial charge on any atom is 0.249 e. The van der Waals surface area contributed by atoms with Gasteiger partial charge < -0.3 is 14.6 Å². The van der Waals surface area contributed by atoms with Gasteiger partial charge in [-0.2, -0.15) is 10.2 Å². The van der Waals surface area contributed by atoms with Gasteiger partial charge in [0, 0.05) is 19.1 Å². The topological polar surface area (TPSA) is 101 Å². The minimum atomic E-state index is -0.912. The molecule has 0 radical (unpaired) electrons. The van der Waals surface area contributed by atoms with Gasteiger partial charge in [-0.1, -0.05) is 31.8 Å². The van der Waals surface area contributed by atoms with Gasteiger partial charge in [-0.15, -0.1) is 0 Å². The van der Waals surface area contributed by atoms with Gasteiger partial charge in [0.25, 0.3) is 0 Å². The predicted octanol–water partition coefficient (Wildman–Crippen LogP) is 2.86. The Morgan fingerprint density at radius 1 is 1.32 bits per heavy atom. The molecule has 2 heterocycles. The third-order valence-corrected chi connectivity index (χ3v) is 5.37. The van der Waals surface area contributed by atoms with Crippen LogP contribution in [0.5, 0.6) is 0 Å². The van der Waals surface area contributed by atoms with E-state index in [4.69, 9.17) is 9.26 Å². The highest BCUT2D eigenvalue weighted by Crippen LogP contribution is 2.39. The van der Waals surface area contributed by atoms with E-state index in [0.717, 1.165) is 25.7 Å². The number of amides is 1. The molecule has 2 aliphatic rings. The van der Waals surface area contributed by atoms with Crippen molar-refractivity contribution in [3.63, 3.8) is 0 Å². The average Bonchev–Trinajstić information content (AvgIpc) is 3.30. The second-order valence-electron chi connectivity index (χ2n) is 7.45. The second-order valence-corrected chi connectivity index (χ2v) is 7.45. The standard InChI is InChI=1S/C18H26N4O3/c1-12(2)15-21-16(25-22-15)14(13-5-9-24-10-6-13)20-17(23)18(11-19)7-3-4-8-18/h12-14H,3-10H2,1-2H3,(H,20,23)/t14-/m0/s1. The molecule has 3 rings (SSSR count). The Balaban J connectivity index is 1.83. The number of hydrogen-bond acceptors (Lipinski definition) is 6. The maximum atomic E-state index is 12.9. The van der Waals surface area contributed by atoms with E-state index in [1.165, 1.54) is 0 Å². The molecule has 1 aromatic rings. The molecule has 1 aliphatic heterocycles. The average molecular weight is 346 g/mol. The van der Waals surface area contributed by atoms with Crippen LogP contribution in [0, 0.1) is 22.7 Å². The number of nitrogens with zero attached hydrogens (tertiary/aromatic N) is 3. The Labute approximate surface area is 148 Å². The number of ether oxygens (including phenoxy) is 1. The van der Waals surface area contributed by atoms with Crippen molar-refractivity contribution in [1.82, 2.24) is 15.5 Å². The maximum absolute atomic E-state index is 12.9. The number of hydrogen-bond donors (Lipinski definition) is 1. The van der Waals surface area contributed by atoms with Crippen molar-refractivity contribution >= 4 is 5.91 Å². The van der Waals surface area contributed by atoms with Crippen LogP contribution in [0.3, 0.4) is 0 Å². The van der Waals surface area contributed by atoms with E-state index in [2.05, 4.69) is 21.5 Å². The minimum Gasteiger partial charge on any atom is -0.381 e. The number of rotatable bonds is 5. The zero-order valence-electron chi connectivity index (χ0n) is 15.0. The fourth-order valence-corrected chi connectivity index (χ4v) is 3.69. The Morgan fingerprint density at radius 3 is 2.56 bits per heavy atom. The summed E-state index contributed by atoms with van der Waals surface area (Å²) in [4.78, 5) is 17.4. The van der Waals surface area contributed by atoms with Gasteiger partial charge in [-0.25, -0.2) is 0 Å². The molecule has 1 saturated carbocycles. The molecule has 2 fully saturated rings. The van der Waals surface area contributed by atoms with E-state index < -0.39 is 5.41 Å². The summed E-state index contributed by atoms with van der Waals surface area (Å²) in [6.07, 6.45) is 4.73. The smallest absolute Gasteiger partial charge is 0.249 e. The molecule has 1 saturated heterocycles. The lowest BCUT2D eigenvalue weighted by molar-refractivity contribution is -0.129. The molecule has 1 atom stereocenters. The zero-order valence-corrected chi connectivity index (χ0v) is 15.0. The summed E-state index contributed by atoms with van der Waals surface area (Å²) in [6, 6.07) is 1.90. The van der Waals surface area contributed by atoms with Crippen LogP contribution >= 0.6 is 0 Å². The summed E-state index contributed by atoms with van der Waals surface area (Å²) in [5.74, 6) is 1.21. The van der Waals surface area contributed by atoms with Crippen LogP contribution in [0.25, 0.3) is 0 Å². The van der Waals surface area contributed by atoms with Gasteiger partial charge in [0.15, 0.2) is 5.82 Å². The van der Waals surface area contributed by atoms with Crippen molar-refractivity contribution in [2.45, 2.75) is 64.3 Å². The Bertz CT molecular complexity index is 637. The summed E-state index contributed by atoms with van der Waals surface area (Å²) in [5, 5.41) is 16.7. The van der Waals surface area contributed by atoms with Crippen LogP contribution in [-0.4, -0.2) is 29.3 Å². The molecule has 1 amide bonds. The molecule has 136 valence electrons. The first-order chi connectivity index (χ1) is 12.1. The van der Waals surface area contributed by atoms with E-state index in [-0.39, 0.29) is 23.8 Å². The largest absolute Gasteiger partial charge is 0.381 e. The number of carbonyl (C=O) groups is 1. The molecule has 0 aromatic carbocycles. The number of aromatic nitrogens is 2. The van der Waals surface area contributed by atoms with Crippen molar-refractivity contribution < 1.29 is 14.1 Å². The van der Waals surface area contributed by atoms with Gasteiger partial charge in [-0.05, 0) is 31.6 Å². The molecule has 0 bridgehead atoms. The van der Waals surface area contributed by atoms with Crippen molar-refractivity contribution in [3.05, 3.63) is 11.7 Å². The van der Waals surface area contributed by atoms with Crippen LogP contribution in [0.4, 0.5) is 0 Å². The fourth-order valence-electron chi connectivity index (χ4n) is 3.69. The molecule has 1 aliphatic carbocycles. The molecule has 0 spiro atoms. The fraction of sp³-hybridized carbons (Fsp3) is 0.778. The summed E-state index contributed by atoms with van der Waals surface area (Å²) in [7, 11) is 0. The lowest BCUT2D eigenvalue weighted by atomic mass is 9.85. The molecular weight excluding hydrogens is 320 g/mol. The van der Waals surface area contributed by atoms with Crippen LogP contribution in [0.2, 0.25) is 0 Å². The first-order valence-corrected chi connectivity index (χ1v) is 9.19. The molecule has 1 aromatic heterocycles. The lowest BCUT2D eigenvalue weighted by Crippen LogP contribution is -2.43. The zero-order chi connectivity index (χ0) is 17.9. The van der Waals surface area contributed by atoms with Crippen LogP contribution in [0.1, 0.15) is 76.0 Å². The number of nitriles is 1. The highest BCUT2D eigenvalue weighted by atomic mass is 16.5. The molecular formula is C18H26N4O3. The van der Waals surface area contributed by atoms with E-state index in [1.54, 1.807) is 0 Å². The van der Waals surface area contributed by atoms with E-state index >= 15 is 0 Å². The molecule has 7 nitrogen and oxygen atoms in total. The quantitative estimate of drug-likeness (QED) is 0.879. The molecule has 7 heteroatoms. The summed E-state index contributed by atoms with van der Waals surface area (Å²) >= 11 is 0. The summed E-state index contributed by atoms with van der Waals surface area (Å²) in [6.45, 7) is 5.32. The van der Waals surface area contributed by atoms with Gasteiger partial charge in [-0.3, -0.25) is 4.79 Å². The van der Waals surface area contributed by atoms with Gasteiger partial charge in [0.05, 0.1) is 6.07 Å². The molecule has 25 heavy (non-hydrogen) atoms. The van der Waals surface area contributed by atoms with Crippen molar-refractivity contribution in [2.75, 3.05) is 13.2 Å². The van der Waals surface area contributed by atoms with E-state index in [1.807, 2.05) is 13.8 Å². The Kier molecular flexibility index (Phi) is 5.38. The SMILES string of the molecule is CC(C)c1noc([C@@H](NC(=O)C2(C#N)CCCC2)C2CCOCC2)n1. The first-order valence-electron chi connectivity index (χ1n) is 9.19. The van der Waals surface area contributed by atoms with Crippen molar-refractivity contribution in [3.8, 4) is 6.07 Å². The third kappa shape index (κ3) is 3.69. The summed E-state index contributed by atoms with van der Waals surface area (Å²) in [5.41, 5.74) is -0.912. The normalized spacial score (nSPS) is 21.8. The monoisotopic (exact) mass is 346 g/mol. The molecule has 0 unspecified atom stereocenters. The highest BCUT2D eigenvalue weighted by Gasteiger charge is 2.44. The third-order valence-electron chi connectivity index (χ3n) is 5.37. The van der Waals surface area contributed by atoms with Crippen LogP contribution in [-0.2, 0) is 9.53 Å². The lowest BCUT2D eigenvalue weighted by Gasteiger charge is -2.30. The van der Waals surface area contributed by atoms with E-state index in [9.17, 15) is 10.1 Å². The molecule has 1 N–H and O–H groups in total. The van der Waals surface area contributed by atoms with E-state index in [0.29, 0.717) is 37.8 Å². The number of nitrogens with one attached hydrogen (secondary N) is 1. The predicted molar refractivity (Wildman–Crippen MR) is 89.3 cm³/mol. The van der Waals surface area contributed by atoms with Crippen LogP contribution in [0.15, 0.2) is 4.52 Å². The Hall–Kier alpha value is -1.94. The van der Waals surface area contributed by atoms with Crippen molar-refractivity contribution in [1.29, 1.82) is 5.26 Å². The van der Waals surface area contributed by atoms with Gasteiger partial charge in [0.2, 0.25) is 11.8 Å². The summed E-state index contributed by atoms with van der Waals surface area (Å²) < 4.78 is 10.9. The van der Waals surface area contributed by atoms with Crippen LogP contribution < -0.4 is 5.32 Å². The second kappa shape index (κ2) is 7.52. The van der Waals surface area contributed by atoms with Gasteiger partial charge >= 0.3 is 0 Å². The highest BCUT2D eigenvalue weighted by molar-refractivity contribution is 5.86. The Morgan fingerprint density at radius 2 is 2.00 bits per heavy atom.